The third kappa shape index (κ3) is 11.7. The third-order valence-corrected chi connectivity index (χ3v) is 5.57. The van der Waals surface area contributed by atoms with Gasteiger partial charge in [-0.25, -0.2) is 4.79 Å². The van der Waals surface area contributed by atoms with E-state index in [-0.39, 0.29) is 0 Å². The molecular weight excluding hydrogens is 508 g/mol. The van der Waals surface area contributed by atoms with Crippen LogP contribution in [0, 0.1) is 11.3 Å². The van der Waals surface area contributed by atoms with E-state index in [4.69, 9.17) is 29.9 Å². The predicted octanol–water partition coefficient (Wildman–Crippen LogP) is 3.23. The standard InChI is InChI=1S/C22H26N2O2.C6H8O7/c1-4-24(5-2)14-15-26-22-10-6-18(7-11-22)16-20(17-23)19-8-12-21(25-3)13-9-19;7-3(8)1-6(13,5(11)12)2-4(9)10/h6-13,16H,4-5,14-15H2,1-3H3;13H,1-2H2,(H,7,8)(H,9,10)(H,11,12). The van der Waals surface area contributed by atoms with Crippen molar-refractivity contribution in [2.24, 2.45) is 0 Å². The molecule has 2 aromatic rings. The largest absolute Gasteiger partial charge is 0.497 e. The Balaban J connectivity index is 0.000000495. The van der Waals surface area contributed by atoms with E-state index in [0.717, 1.165) is 42.3 Å². The van der Waals surface area contributed by atoms with Crippen molar-refractivity contribution >= 4 is 29.6 Å². The molecule has 0 bridgehead atoms. The fraction of sp³-hybridized carbons (Fsp3) is 0.357. The second kappa shape index (κ2) is 16.4. The number of benzene rings is 2. The first-order valence-electron chi connectivity index (χ1n) is 12.1. The van der Waals surface area contributed by atoms with Gasteiger partial charge in [0.2, 0.25) is 0 Å². The second-order valence-corrected chi connectivity index (χ2v) is 8.32. The molecule has 0 aliphatic carbocycles. The first-order chi connectivity index (χ1) is 18.5. The molecule has 0 atom stereocenters. The van der Waals surface area contributed by atoms with Crippen LogP contribution in [-0.4, -0.2) is 82.2 Å². The van der Waals surface area contributed by atoms with E-state index >= 15 is 0 Å². The van der Waals surface area contributed by atoms with Gasteiger partial charge in [-0.1, -0.05) is 26.0 Å². The van der Waals surface area contributed by atoms with E-state index in [1.807, 2.05) is 54.6 Å². The average Bonchev–Trinajstić information content (AvgIpc) is 2.90. The molecule has 0 heterocycles. The molecule has 39 heavy (non-hydrogen) atoms. The van der Waals surface area contributed by atoms with Crippen LogP contribution < -0.4 is 9.47 Å². The first-order valence-corrected chi connectivity index (χ1v) is 12.1. The van der Waals surface area contributed by atoms with Gasteiger partial charge in [0.15, 0.2) is 5.60 Å². The highest BCUT2D eigenvalue weighted by molar-refractivity contribution is 5.90. The minimum Gasteiger partial charge on any atom is -0.497 e. The maximum Gasteiger partial charge on any atom is 0.336 e. The molecule has 0 aliphatic rings. The molecule has 0 aromatic heterocycles. The molecule has 0 radical (unpaired) electrons. The number of carbonyl (C=O) groups is 3. The fourth-order valence-corrected chi connectivity index (χ4v) is 3.32. The minimum atomic E-state index is -2.74. The van der Waals surface area contributed by atoms with E-state index in [2.05, 4.69) is 24.8 Å². The molecule has 0 saturated carbocycles. The lowest BCUT2D eigenvalue weighted by atomic mass is 9.96. The normalized spacial score (nSPS) is 11.1. The number of carboxylic acids is 3. The molecule has 0 spiro atoms. The zero-order valence-corrected chi connectivity index (χ0v) is 22.2. The molecule has 2 aromatic carbocycles. The maximum atomic E-state index is 10.3. The van der Waals surface area contributed by atoms with Crippen LogP contribution in [0.3, 0.4) is 0 Å². The lowest BCUT2D eigenvalue weighted by Gasteiger charge is -2.18. The lowest BCUT2D eigenvalue weighted by Crippen LogP contribution is -2.42. The van der Waals surface area contributed by atoms with Crippen molar-refractivity contribution in [1.29, 1.82) is 5.26 Å². The van der Waals surface area contributed by atoms with Gasteiger partial charge in [0.05, 0.1) is 31.6 Å². The van der Waals surface area contributed by atoms with Crippen LogP contribution in [-0.2, 0) is 14.4 Å². The number of likely N-dealkylation sites (N-methyl/N-ethyl adjacent to an activating group) is 1. The van der Waals surface area contributed by atoms with Crippen molar-refractivity contribution in [3.05, 3.63) is 59.7 Å². The molecule has 0 aliphatic heterocycles. The van der Waals surface area contributed by atoms with Crippen LogP contribution in [0.25, 0.3) is 11.6 Å². The van der Waals surface area contributed by atoms with Gasteiger partial charge < -0.3 is 34.8 Å². The zero-order valence-electron chi connectivity index (χ0n) is 22.2. The number of aliphatic hydroxyl groups is 1. The van der Waals surface area contributed by atoms with Crippen LogP contribution in [0.2, 0.25) is 0 Å². The number of nitrogens with zero attached hydrogens (tertiary/aromatic N) is 2. The highest BCUT2D eigenvalue weighted by Crippen LogP contribution is 2.22. The number of nitriles is 1. The van der Waals surface area contributed by atoms with Crippen molar-refractivity contribution in [2.75, 3.05) is 33.4 Å². The predicted molar refractivity (Wildman–Crippen MR) is 143 cm³/mol. The smallest absolute Gasteiger partial charge is 0.336 e. The number of ether oxygens (including phenoxy) is 2. The van der Waals surface area contributed by atoms with Crippen LogP contribution in [0.1, 0.15) is 37.8 Å². The first kappa shape index (κ1) is 32.6. The number of aliphatic carboxylic acids is 3. The Hall–Kier alpha value is -4.40. The van der Waals surface area contributed by atoms with Gasteiger partial charge in [-0.3, -0.25) is 9.59 Å². The number of carboxylic acid groups (broad SMARTS) is 3. The molecule has 4 N–H and O–H groups in total. The molecule has 0 amide bonds. The van der Waals surface area contributed by atoms with Crippen molar-refractivity contribution in [3.63, 3.8) is 0 Å². The molecule has 0 fully saturated rings. The summed E-state index contributed by atoms with van der Waals surface area (Å²) >= 11 is 0. The Kier molecular flexibility index (Phi) is 13.8. The van der Waals surface area contributed by atoms with Gasteiger partial charge in [0, 0.05) is 6.54 Å². The molecule has 0 saturated heterocycles. The van der Waals surface area contributed by atoms with Gasteiger partial charge in [0.25, 0.3) is 0 Å². The molecular formula is C28H34N2O9. The summed E-state index contributed by atoms with van der Waals surface area (Å²) in [4.78, 5) is 32.8. The Morgan fingerprint density at radius 1 is 0.923 bits per heavy atom. The van der Waals surface area contributed by atoms with E-state index in [0.29, 0.717) is 12.2 Å². The van der Waals surface area contributed by atoms with Crippen molar-refractivity contribution < 1.29 is 44.3 Å². The van der Waals surface area contributed by atoms with Gasteiger partial charge in [-0.05, 0) is 66.7 Å². The second-order valence-electron chi connectivity index (χ2n) is 8.32. The van der Waals surface area contributed by atoms with Crippen molar-refractivity contribution in [1.82, 2.24) is 4.90 Å². The Labute approximate surface area is 227 Å². The Morgan fingerprint density at radius 3 is 1.85 bits per heavy atom. The van der Waals surface area contributed by atoms with E-state index < -0.39 is 36.4 Å². The number of allylic oxidation sites excluding steroid dienone is 1. The highest BCUT2D eigenvalue weighted by Gasteiger charge is 2.40. The highest BCUT2D eigenvalue weighted by atomic mass is 16.5. The summed E-state index contributed by atoms with van der Waals surface area (Å²) in [6, 6.07) is 17.6. The summed E-state index contributed by atoms with van der Waals surface area (Å²) < 4.78 is 11.0. The van der Waals surface area contributed by atoms with Crippen molar-refractivity contribution in [2.45, 2.75) is 32.3 Å². The average molecular weight is 543 g/mol. The van der Waals surface area contributed by atoms with Crippen LogP contribution in [0.15, 0.2) is 48.5 Å². The quantitative estimate of drug-likeness (QED) is 0.203. The molecule has 11 nitrogen and oxygen atoms in total. The Morgan fingerprint density at radius 2 is 1.44 bits per heavy atom. The van der Waals surface area contributed by atoms with Gasteiger partial charge >= 0.3 is 17.9 Å². The maximum absolute atomic E-state index is 10.3. The minimum absolute atomic E-state index is 0.614. The molecule has 210 valence electrons. The number of methoxy groups -OCH3 is 1. The molecule has 0 unspecified atom stereocenters. The van der Waals surface area contributed by atoms with Crippen LogP contribution >= 0.6 is 0 Å². The summed E-state index contributed by atoms with van der Waals surface area (Å²) in [5, 5.41) is 43.3. The summed E-state index contributed by atoms with van der Waals surface area (Å²) in [5.74, 6) is -3.40. The zero-order chi connectivity index (χ0) is 29.4. The van der Waals surface area contributed by atoms with E-state index in [1.165, 1.54) is 0 Å². The fourth-order valence-electron chi connectivity index (χ4n) is 3.32. The summed E-state index contributed by atoms with van der Waals surface area (Å²) in [6.07, 6.45) is -0.412. The van der Waals surface area contributed by atoms with Crippen LogP contribution in [0.5, 0.6) is 11.5 Å². The van der Waals surface area contributed by atoms with Gasteiger partial charge in [-0.2, -0.15) is 5.26 Å². The van der Waals surface area contributed by atoms with Crippen molar-refractivity contribution in [3.8, 4) is 17.6 Å². The van der Waals surface area contributed by atoms with E-state index in [9.17, 15) is 19.6 Å². The van der Waals surface area contributed by atoms with Crippen LogP contribution in [0.4, 0.5) is 0 Å². The topological polar surface area (TPSA) is 178 Å². The molecule has 2 rings (SSSR count). The van der Waals surface area contributed by atoms with Gasteiger partial charge in [0.1, 0.15) is 18.1 Å². The number of hydrogen-bond acceptors (Lipinski definition) is 8. The third-order valence-electron chi connectivity index (χ3n) is 5.57. The summed E-state index contributed by atoms with van der Waals surface area (Å²) in [6.45, 7) is 7.97. The monoisotopic (exact) mass is 542 g/mol. The molecule has 11 heteroatoms. The van der Waals surface area contributed by atoms with Gasteiger partial charge in [-0.15, -0.1) is 0 Å². The SMILES string of the molecule is CCN(CC)CCOc1ccc(C=C(C#N)c2ccc(OC)cc2)cc1.O=C(O)CC(O)(CC(=O)O)C(=O)O. The summed E-state index contributed by atoms with van der Waals surface area (Å²) in [7, 11) is 1.63. The Bertz CT molecular complexity index is 1130. The summed E-state index contributed by atoms with van der Waals surface area (Å²) in [5.41, 5.74) is -0.290. The number of hydrogen-bond donors (Lipinski definition) is 4. The number of rotatable bonds is 14. The lowest BCUT2D eigenvalue weighted by molar-refractivity contribution is -0.170. The van der Waals surface area contributed by atoms with E-state index in [1.54, 1.807) is 7.11 Å².